The van der Waals surface area contributed by atoms with Gasteiger partial charge in [-0.2, -0.15) is 0 Å². The molecule has 0 radical (unpaired) electrons. The maximum absolute atomic E-state index is 5.37. The molecule has 0 aromatic carbocycles. The lowest BCUT2D eigenvalue weighted by atomic mass is 10.00. The fourth-order valence-corrected chi connectivity index (χ4v) is 2.67. The number of hydrogen-bond acceptors (Lipinski definition) is 2. The Labute approximate surface area is 99.6 Å². The van der Waals surface area contributed by atoms with E-state index in [4.69, 9.17) is 4.42 Å². The molecule has 1 N–H and O–H groups in total. The quantitative estimate of drug-likeness (QED) is 0.903. The Morgan fingerprint density at radius 1 is 1.53 bits per heavy atom. The van der Waals surface area contributed by atoms with Crippen LogP contribution in [0.2, 0.25) is 0 Å². The van der Waals surface area contributed by atoms with Crippen LogP contribution in [0.3, 0.4) is 0 Å². The SMILES string of the molecule is C[C@H](NCc1occc1Br)C1CCCC1. The van der Waals surface area contributed by atoms with Crippen molar-refractivity contribution >= 4 is 15.9 Å². The van der Waals surface area contributed by atoms with Crippen molar-refractivity contribution < 1.29 is 4.42 Å². The first-order valence-electron chi connectivity index (χ1n) is 5.72. The highest BCUT2D eigenvalue weighted by molar-refractivity contribution is 9.10. The fourth-order valence-electron chi connectivity index (χ4n) is 2.33. The van der Waals surface area contributed by atoms with Gasteiger partial charge < -0.3 is 9.73 Å². The van der Waals surface area contributed by atoms with E-state index in [1.54, 1.807) is 6.26 Å². The number of nitrogens with one attached hydrogen (secondary N) is 1. The van der Waals surface area contributed by atoms with E-state index in [9.17, 15) is 0 Å². The lowest BCUT2D eigenvalue weighted by Crippen LogP contribution is -2.31. The van der Waals surface area contributed by atoms with Crippen molar-refractivity contribution in [3.63, 3.8) is 0 Å². The van der Waals surface area contributed by atoms with Crippen LogP contribution in [-0.4, -0.2) is 6.04 Å². The van der Waals surface area contributed by atoms with E-state index in [0.29, 0.717) is 6.04 Å². The molecule has 1 heterocycles. The van der Waals surface area contributed by atoms with Gasteiger partial charge in [0.05, 0.1) is 17.3 Å². The second-order valence-electron chi connectivity index (χ2n) is 4.41. The Morgan fingerprint density at radius 2 is 2.27 bits per heavy atom. The van der Waals surface area contributed by atoms with E-state index in [1.807, 2.05) is 6.07 Å². The van der Waals surface area contributed by atoms with Crippen LogP contribution < -0.4 is 5.32 Å². The van der Waals surface area contributed by atoms with Gasteiger partial charge in [-0.15, -0.1) is 0 Å². The molecule has 15 heavy (non-hydrogen) atoms. The summed E-state index contributed by atoms with van der Waals surface area (Å²) >= 11 is 3.47. The second-order valence-corrected chi connectivity index (χ2v) is 5.26. The van der Waals surface area contributed by atoms with Crippen molar-refractivity contribution in [1.29, 1.82) is 0 Å². The molecule has 3 heteroatoms. The zero-order chi connectivity index (χ0) is 10.7. The maximum atomic E-state index is 5.37. The first-order valence-corrected chi connectivity index (χ1v) is 6.52. The summed E-state index contributed by atoms with van der Waals surface area (Å²) in [6, 6.07) is 2.54. The van der Waals surface area contributed by atoms with Gasteiger partial charge in [0.15, 0.2) is 0 Å². The standard InChI is InChI=1S/C12H18BrNO/c1-9(10-4-2-3-5-10)14-8-12-11(13)6-7-15-12/h6-7,9-10,14H,2-5,8H2,1H3/t9-/m0/s1. The predicted octanol–water partition coefficient (Wildman–Crippen LogP) is 3.71. The Bertz CT molecular complexity index is 304. The summed E-state index contributed by atoms with van der Waals surface area (Å²) in [4.78, 5) is 0. The summed E-state index contributed by atoms with van der Waals surface area (Å²) in [5.74, 6) is 1.86. The summed E-state index contributed by atoms with van der Waals surface area (Å²) in [6.07, 6.45) is 7.30. The van der Waals surface area contributed by atoms with Gasteiger partial charge in [-0.1, -0.05) is 12.8 Å². The van der Waals surface area contributed by atoms with E-state index < -0.39 is 0 Å². The number of hydrogen-bond donors (Lipinski definition) is 1. The molecule has 0 saturated heterocycles. The van der Waals surface area contributed by atoms with Crippen molar-refractivity contribution in [3.05, 3.63) is 22.6 Å². The molecule has 0 unspecified atom stereocenters. The zero-order valence-corrected chi connectivity index (χ0v) is 10.7. The minimum Gasteiger partial charge on any atom is -0.467 e. The van der Waals surface area contributed by atoms with Crippen molar-refractivity contribution in [2.24, 2.45) is 5.92 Å². The predicted molar refractivity (Wildman–Crippen MR) is 64.7 cm³/mol. The number of rotatable bonds is 4. The van der Waals surface area contributed by atoms with Gasteiger partial charge >= 0.3 is 0 Å². The normalized spacial score (nSPS) is 19.6. The van der Waals surface area contributed by atoms with Crippen LogP contribution in [-0.2, 0) is 6.54 Å². The van der Waals surface area contributed by atoms with Crippen LogP contribution >= 0.6 is 15.9 Å². The Hall–Kier alpha value is -0.280. The minimum absolute atomic E-state index is 0.601. The third-order valence-corrected chi connectivity index (χ3v) is 4.09. The molecule has 1 aromatic heterocycles. The van der Waals surface area contributed by atoms with Crippen molar-refractivity contribution in [1.82, 2.24) is 5.32 Å². The third kappa shape index (κ3) is 2.85. The molecule has 0 spiro atoms. The van der Waals surface area contributed by atoms with Gasteiger partial charge in [-0.05, 0) is 47.7 Å². The van der Waals surface area contributed by atoms with E-state index in [-0.39, 0.29) is 0 Å². The van der Waals surface area contributed by atoms with Crippen LogP contribution in [0.15, 0.2) is 21.2 Å². The summed E-state index contributed by atoms with van der Waals surface area (Å²) in [5, 5.41) is 3.54. The van der Waals surface area contributed by atoms with Crippen LogP contribution in [0.5, 0.6) is 0 Å². The lowest BCUT2D eigenvalue weighted by Gasteiger charge is -2.19. The molecule has 0 bridgehead atoms. The van der Waals surface area contributed by atoms with Gasteiger partial charge in [0.1, 0.15) is 5.76 Å². The zero-order valence-electron chi connectivity index (χ0n) is 9.13. The van der Waals surface area contributed by atoms with Crippen LogP contribution in [0.25, 0.3) is 0 Å². The van der Waals surface area contributed by atoms with Gasteiger partial charge in [-0.3, -0.25) is 0 Å². The monoisotopic (exact) mass is 271 g/mol. The highest BCUT2D eigenvalue weighted by Crippen LogP contribution is 2.28. The van der Waals surface area contributed by atoms with Gasteiger partial charge in [0.2, 0.25) is 0 Å². The van der Waals surface area contributed by atoms with E-state index in [1.165, 1.54) is 25.7 Å². The first-order chi connectivity index (χ1) is 7.27. The molecule has 1 atom stereocenters. The topological polar surface area (TPSA) is 25.2 Å². The van der Waals surface area contributed by atoms with Crippen LogP contribution in [0.4, 0.5) is 0 Å². The summed E-state index contributed by atoms with van der Waals surface area (Å²) in [5.41, 5.74) is 0. The fraction of sp³-hybridized carbons (Fsp3) is 0.667. The molecule has 0 aliphatic heterocycles. The smallest absolute Gasteiger partial charge is 0.131 e. The molecule has 1 fully saturated rings. The molecular formula is C12H18BrNO. The molecule has 2 rings (SSSR count). The van der Waals surface area contributed by atoms with E-state index in [0.717, 1.165) is 22.7 Å². The summed E-state index contributed by atoms with van der Waals surface area (Å²) < 4.78 is 6.43. The number of furan rings is 1. The minimum atomic E-state index is 0.601. The molecule has 1 aliphatic carbocycles. The average Bonchev–Trinajstić information content (AvgIpc) is 2.85. The van der Waals surface area contributed by atoms with E-state index in [2.05, 4.69) is 28.2 Å². The second kappa shape index (κ2) is 5.17. The Balaban J connectivity index is 1.80. The highest BCUT2D eigenvalue weighted by Gasteiger charge is 2.21. The average molecular weight is 272 g/mol. The third-order valence-electron chi connectivity index (χ3n) is 3.38. The van der Waals surface area contributed by atoms with Crippen molar-refractivity contribution in [2.45, 2.75) is 45.2 Å². The molecule has 1 aromatic rings. The van der Waals surface area contributed by atoms with Crippen LogP contribution in [0.1, 0.15) is 38.4 Å². The number of halogens is 1. The van der Waals surface area contributed by atoms with Crippen molar-refractivity contribution in [3.8, 4) is 0 Å². The van der Waals surface area contributed by atoms with Gasteiger partial charge in [0.25, 0.3) is 0 Å². The van der Waals surface area contributed by atoms with Crippen molar-refractivity contribution in [2.75, 3.05) is 0 Å². The Kier molecular flexibility index (Phi) is 3.87. The molecule has 84 valence electrons. The van der Waals surface area contributed by atoms with Gasteiger partial charge in [0, 0.05) is 6.04 Å². The summed E-state index contributed by atoms with van der Waals surface area (Å²) in [6.45, 7) is 3.11. The van der Waals surface area contributed by atoms with Gasteiger partial charge in [-0.25, -0.2) is 0 Å². The molecule has 0 amide bonds. The lowest BCUT2D eigenvalue weighted by molar-refractivity contribution is 0.362. The summed E-state index contributed by atoms with van der Waals surface area (Å²) in [7, 11) is 0. The molecule has 2 nitrogen and oxygen atoms in total. The first kappa shape index (κ1) is 11.2. The largest absolute Gasteiger partial charge is 0.467 e. The molecule has 1 aliphatic rings. The van der Waals surface area contributed by atoms with E-state index >= 15 is 0 Å². The van der Waals surface area contributed by atoms with Crippen LogP contribution in [0, 0.1) is 5.92 Å². The molecular weight excluding hydrogens is 254 g/mol. The Morgan fingerprint density at radius 3 is 2.87 bits per heavy atom. The maximum Gasteiger partial charge on any atom is 0.131 e. The highest BCUT2D eigenvalue weighted by atomic mass is 79.9. The molecule has 1 saturated carbocycles.